The number of anilines is 1. The molecule has 0 saturated carbocycles. The second-order valence-corrected chi connectivity index (χ2v) is 9.37. The number of nitrogens with zero attached hydrogens (tertiary/aromatic N) is 5. The van der Waals surface area contributed by atoms with E-state index in [-0.39, 0.29) is 5.69 Å². The van der Waals surface area contributed by atoms with E-state index in [0.29, 0.717) is 5.02 Å². The zero-order chi connectivity index (χ0) is 24.1. The summed E-state index contributed by atoms with van der Waals surface area (Å²) in [5.74, 6) is 0. The van der Waals surface area contributed by atoms with Crippen LogP contribution < -0.4 is 15.9 Å². The molecule has 0 spiro atoms. The van der Waals surface area contributed by atoms with Crippen molar-refractivity contribution in [2.75, 3.05) is 31.1 Å². The van der Waals surface area contributed by atoms with E-state index < -0.39 is 0 Å². The molecule has 8 heteroatoms. The van der Waals surface area contributed by atoms with Gasteiger partial charge < -0.3 is 10.2 Å². The highest BCUT2D eigenvalue weighted by Gasteiger charge is 2.19. The van der Waals surface area contributed by atoms with Gasteiger partial charge >= 0.3 is 5.69 Å². The molecule has 0 amide bonds. The smallest absolute Gasteiger partial charge is 0.333 e. The van der Waals surface area contributed by atoms with Crippen molar-refractivity contribution in [2.24, 2.45) is 7.05 Å². The number of aromatic nitrogens is 4. The van der Waals surface area contributed by atoms with Crippen molar-refractivity contribution >= 4 is 39.2 Å². The van der Waals surface area contributed by atoms with Crippen LogP contribution in [-0.4, -0.2) is 45.3 Å². The second kappa shape index (κ2) is 8.52. The van der Waals surface area contributed by atoms with E-state index in [1.165, 1.54) is 0 Å². The Morgan fingerprint density at radius 2 is 1.77 bits per heavy atom. The number of halogens is 1. The zero-order valence-corrected chi connectivity index (χ0v) is 20.4. The first-order valence-corrected chi connectivity index (χ1v) is 12.1. The van der Waals surface area contributed by atoms with E-state index in [4.69, 9.17) is 11.6 Å². The fraction of sp³-hybridized carbons (Fsp3) is 0.222. The van der Waals surface area contributed by atoms with E-state index in [1.807, 2.05) is 43.5 Å². The van der Waals surface area contributed by atoms with Gasteiger partial charge in [0.05, 0.1) is 39.1 Å². The van der Waals surface area contributed by atoms with Crippen LogP contribution in [0, 0.1) is 6.92 Å². The monoisotopic (exact) mass is 484 g/mol. The van der Waals surface area contributed by atoms with Gasteiger partial charge in [0.25, 0.3) is 0 Å². The number of aryl methyl sites for hydroxylation is 2. The van der Waals surface area contributed by atoms with Gasteiger partial charge in [0, 0.05) is 50.5 Å². The van der Waals surface area contributed by atoms with Crippen molar-refractivity contribution in [1.29, 1.82) is 0 Å². The number of benzene rings is 2. The number of hydrogen-bond acceptors (Lipinski definition) is 5. The van der Waals surface area contributed by atoms with Crippen molar-refractivity contribution in [2.45, 2.75) is 6.92 Å². The summed E-state index contributed by atoms with van der Waals surface area (Å²) in [4.78, 5) is 24.7. The summed E-state index contributed by atoms with van der Waals surface area (Å²) in [6.45, 7) is 5.65. The quantitative estimate of drug-likeness (QED) is 0.413. The molecule has 1 aliphatic rings. The van der Waals surface area contributed by atoms with Gasteiger partial charge in [-0.3, -0.25) is 19.1 Å². The van der Waals surface area contributed by atoms with Crippen molar-refractivity contribution in [3.05, 3.63) is 82.1 Å². The molecule has 1 saturated heterocycles. The average Bonchev–Trinajstić information content (AvgIpc) is 3.14. The summed E-state index contributed by atoms with van der Waals surface area (Å²) in [5.41, 5.74) is 7.09. The fourth-order valence-electron chi connectivity index (χ4n) is 4.94. The first-order valence-electron chi connectivity index (χ1n) is 11.7. The van der Waals surface area contributed by atoms with Crippen LogP contribution in [0.3, 0.4) is 0 Å². The Kier molecular flexibility index (Phi) is 5.31. The lowest BCUT2D eigenvalue weighted by Crippen LogP contribution is -2.43. The third-order valence-corrected chi connectivity index (χ3v) is 7.06. The molecule has 0 unspecified atom stereocenters. The largest absolute Gasteiger partial charge is 0.368 e. The van der Waals surface area contributed by atoms with Gasteiger partial charge in [-0.25, -0.2) is 4.79 Å². The van der Waals surface area contributed by atoms with Crippen LogP contribution >= 0.6 is 11.6 Å². The molecule has 35 heavy (non-hydrogen) atoms. The molecule has 3 aromatic heterocycles. The van der Waals surface area contributed by atoms with Crippen molar-refractivity contribution < 1.29 is 0 Å². The van der Waals surface area contributed by atoms with Crippen LogP contribution in [0.4, 0.5) is 5.69 Å². The lowest BCUT2D eigenvalue weighted by Gasteiger charge is -2.30. The Morgan fingerprint density at radius 3 is 2.54 bits per heavy atom. The standard InChI is InChI=1S/C27H25ClN6O/c1-17-13-19(7-8-30-17)18-3-5-23-21(14-18)26-25(16-31-23)32(2)27(35)34(26)20-4-6-24(22(28)15-20)33-11-9-29-10-12-33/h3-8,13-16,29H,9-12H2,1-2H3. The Morgan fingerprint density at radius 1 is 0.971 bits per heavy atom. The number of pyridine rings is 2. The van der Waals surface area contributed by atoms with Gasteiger partial charge in [0.15, 0.2) is 0 Å². The van der Waals surface area contributed by atoms with Crippen LogP contribution in [0.2, 0.25) is 5.02 Å². The summed E-state index contributed by atoms with van der Waals surface area (Å²) >= 11 is 6.76. The molecule has 6 rings (SSSR count). The number of rotatable bonds is 3. The Bertz CT molecular complexity index is 1650. The van der Waals surface area contributed by atoms with E-state index >= 15 is 0 Å². The molecule has 0 bridgehead atoms. The highest BCUT2D eigenvalue weighted by molar-refractivity contribution is 6.33. The van der Waals surface area contributed by atoms with E-state index in [9.17, 15) is 4.79 Å². The van der Waals surface area contributed by atoms with E-state index in [2.05, 4.69) is 38.4 Å². The predicted molar refractivity (Wildman–Crippen MR) is 142 cm³/mol. The van der Waals surface area contributed by atoms with Crippen LogP contribution in [0.25, 0.3) is 38.8 Å². The maximum absolute atomic E-state index is 13.5. The predicted octanol–water partition coefficient (Wildman–Crippen LogP) is 4.31. The SMILES string of the molecule is Cc1cc(-c2ccc3ncc4c(c3c2)n(-c2ccc(N3CCNCC3)c(Cl)c2)c(=O)n4C)ccn1. The maximum atomic E-state index is 13.5. The minimum Gasteiger partial charge on any atom is -0.368 e. The number of imidazole rings is 1. The third-order valence-electron chi connectivity index (χ3n) is 6.76. The molecule has 0 atom stereocenters. The Balaban J connectivity index is 1.57. The van der Waals surface area contributed by atoms with Crippen molar-refractivity contribution in [1.82, 2.24) is 24.4 Å². The lowest BCUT2D eigenvalue weighted by atomic mass is 10.0. The summed E-state index contributed by atoms with van der Waals surface area (Å²) in [6.07, 6.45) is 3.58. The molecular weight excluding hydrogens is 460 g/mol. The molecule has 1 aliphatic heterocycles. The molecule has 1 fully saturated rings. The average molecular weight is 485 g/mol. The first kappa shape index (κ1) is 21.8. The number of fused-ring (bicyclic) bond motifs is 3. The summed E-state index contributed by atoms with van der Waals surface area (Å²) in [7, 11) is 1.78. The van der Waals surface area contributed by atoms with Gasteiger partial charge in [0.2, 0.25) is 0 Å². The molecule has 7 nitrogen and oxygen atoms in total. The Labute approximate surface area is 207 Å². The molecule has 0 aliphatic carbocycles. The second-order valence-electron chi connectivity index (χ2n) is 8.96. The number of nitrogens with one attached hydrogen (secondary N) is 1. The van der Waals surface area contributed by atoms with Crippen molar-refractivity contribution in [3.8, 4) is 16.8 Å². The molecule has 4 heterocycles. The summed E-state index contributed by atoms with van der Waals surface area (Å²) in [6, 6.07) is 16.1. The Hall–Kier alpha value is -3.68. The minimum atomic E-state index is -0.134. The molecule has 5 aromatic rings. The fourth-order valence-corrected chi connectivity index (χ4v) is 5.23. The van der Waals surface area contributed by atoms with Gasteiger partial charge in [-0.1, -0.05) is 17.7 Å². The molecule has 1 N–H and O–H groups in total. The minimum absolute atomic E-state index is 0.134. The van der Waals surface area contributed by atoms with E-state index in [1.54, 1.807) is 22.4 Å². The lowest BCUT2D eigenvalue weighted by molar-refractivity contribution is 0.589. The first-order chi connectivity index (χ1) is 17.0. The zero-order valence-electron chi connectivity index (χ0n) is 19.6. The third kappa shape index (κ3) is 3.68. The van der Waals surface area contributed by atoms with Gasteiger partial charge in [-0.2, -0.15) is 0 Å². The number of piperazine rings is 1. The van der Waals surface area contributed by atoms with Gasteiger partial charge in [-0.15, -0.1) is 0 Å². The highest BCUT2D eigenvalue weighted by Crippen LogP contribution is 2.32. The van der Waals surface area contributed by atoms with Crippen molar-refractivity contribution in [3.63, 3.8) is 0 Å². The maximum Gasteiger partial charge on any atom is 0.333 e. The molecular formula is C27H25ClN6O. The highest BCUT2D eigenvalue weighted by atomic mass is 35.5. The summed E-state index contributed by atoms with van der Waals surface area (Å²) in [5, 5.41) is 4.92. The van der Waals surface area contributed by atoms with Crippen LogP contribution in [0.1, 0.15) is 5.69 Å². The normalized spacial score (nSPS) is 14.2. The van der Waals surface area contributed by atoms with Crippen LogP contribution in [0.5, 0.6) is 0 Å². The van der Waals surface area contributed by atoms with Gasteiger partial charge in [-0.05, 0) is 60.5 Å². The van der Waals surface area contributed by atoms with Gasteiger partial charge in [0.1, 0.15) is 0 Å². The topological polar surface area (TPSA) is 68.0 Å². The molecule has 176 valence electrons. The molecule has 2 aromatic carbocycles. The van der Waals surface area contributed by atoms with Crippen LogP contribution in [0.15, 0.2) is 65.7 Å². The molecule has 0 radical (unpaired) electrons. The number of hydrogen-bond donors (Lipinski definition) is 1. The van der Waals surface area contributed by atoms with Crippen LogP contribution in [-0.2, 0) is 7.05 Å². The van der Waals surface area contributed by atoms with E-state index in [0.717, 1.165) is 76.3 Å². The summed E-state index contributed by atoms with van der Waals surface area (Å²) < 4.78 is 3.39.